The Morgan fingerprint density at radius 3 is 1.72 bits per heavy atom. The molecule has 2 saturated heterocycles. The molecule has 3 aromatic rings. The summed E-state index contributed by atoms with van der Waals surface area (Å²) in [6.45, 7) is 18.6. The lowest BCUT2D eigenvalue weighted by Crippen LogP contribution is -2.40. The van der Waals surface area contributed by atoms with Crippen LogP contribution in [0.2, 0.25) is 0 Å². The van der Waals surface area contributed by atoms with Crippen LogP contribution in [0.4, 0.5) is 0 Å². The van der Waals surface area contributed by atoms with Gasteiger partial charge in [-0.15, -0.1) is 0 Å². The number of hydrogen-bond acceptors (Lipinski definition) is 8. The number of piperidine rings is 1. The van der Waals surface area contributed by atoms with E-state index in [1.54, 1.807) is 36.4 Å². The van der Waals surface area contributed by atoms with E-state index in [0.29, 0.717) is 42.9 Å². The van der Waals surface area contributed by atoms with Crippen molar-refractivity contribution in [2.45, 2.75) is 137 Å². The van der Waals surface area contributed by atoms with Crippen LogP contribution in [0.3, 0.4) is 0 Å². The average Bonchev–Trinajstić information content (AvgIpc) is 3.85. The quantitative estimate of drug-likeness (QED) is 0.129. The average molecular weight is 899 g/mol. The Morgan fingerprint density at radius 2 is 1.15 bits per heavy atom. The molecular formula is C47H70N4O7S3. The first-order valence-corrected chi connectivity index (χ1v) is 26.6. The molecule has 3 fully saturated rings. The van der Waals surface area contributed by atoms with Crippen LogP contribution in [0.25, 0.3) is 0 Å². The van der Waals surface area contributed by atoms with Gasteiger partial charge >= 0.3 is 0 Å². The van der Waals surface area contributed by atoms with E-state index in [2.05, 4.69) is 62.8 Å². The lowest BCUT2D eigenvalue weighted by Gasteiger charge is -2.31. The number of hydrogen-bond donors (Lipinski definition) is 3. The summed E-state index contributed by atoms with van der Waals surface area (Å²) in [5, 5.41) is 9.57. The monoisotopic (exact) mass is 898 g/mol. The third kappa shape index (κ3) is 11.9. The van der Waals surface area contributed by atoms with Crippen LogP contribution >= 0.6 is 0 Å². The Kier molecular flexibility index (Phi) is 14.7. The molecule has 6 rings (SSSR count). The van der Waals surface area contributed by atoms with E-state index >= 15 is 0 Å². The smallest absolute Gasteiger partial charge is 0.243 e. The predicted octanol–water partition coefficient (Wildman–Crippen LogP) is 7.16. The highest BCUT2D eigenvalue weighted by Crippen LogP contribution is 2.39. The standard InChI is InChI=1S/C47H70N4O7S3/c1-45(2,3)38-11-18-43(19-12-38)60(55,56)49-41-17-10-35(29-41)30-46(4,5)39-13-20-42(21-14-39)59(53,54)48-25-28-50-27-24-36(32-50)31-47(6,7)40-15-22-44(23-16-40)61(57,58)51-26-8-9-37(33-51)34-52/h11-16,18-23,35-37,41,48-49,52H,8-10,17,24-34H2,1-7H3. The van der Waals surface area contributed by atoms with Crippen molar-refractivity contribution in [1.29, 1.82) is 0 Å². The van der Waals surface area contributed by atoms with E-state index in [4.69, 9.17) is 0 Å². The molecular weight excluding hydrogens is 829 g/mol. The predicted molar refractivity (Wildman–Crippen MR) is 243 cm³/mol. The number of nitrogens with zero attached hydrogens (tertiary/aromatic N) is 2. The summed E-state index contributed by atoms with van der Waals surface area (Å²) >= 11 is 0. The molecule has 0 aromatic heterocycles. The molecule has 3 N–H and O–H groups in total. The van der Waals surface area contributed by atoms with E-state index in [1.807, 2.05) is 36.4 Å². The van der Waals surface area contributed by atoms with Crippen molar-refractivity contribution < 1.29 is 30.4 Å². The highest BCUT2D eigenvalue weighted by molar-refractivity contribution is 7.90. The maximum Gasteiger partial charge on any atom is 0.243 e. The second kappa shape index (κ2) is 18.8. The second-order valence-corrected chi connectivity index (χ2v) is 25.8. The van der Waals surface area contributed by atoms with Gasteiger partial charge in [0.05, 0.1) is 14.7 Å². The van der Waals surface area contributed by atoms with Crippen molar-refractivity contribution >= 4 is 30.1 Å². The first-order valence-electron chi connectivity index (χ1n) is 22.2. The number of nitrogens with one attached hydrogen (secondary N) is 2. The lowest BCUT2D eigenvalue weighted by atomic mass is 9.76. The van der Waals surface area contributed by atoms with Gasteiger partial charge in [-0.2, -0.15) is 4.31 Å². The van der Waals surface area contributed by atoms with Crippen molar-refractivity contribution in [2.75, 3.05) is 45.9 Å². The lowest BCUT2D eigenvalue weighted by molar-refractivity contribution is 0.165. The Bertz CT molecular complexity index is 2270. The SMILES string of the molecule is CC(C)(C)c1ccc(S(=O)(=O)NC2CCC(CC(C)(C)c3ccc(S(=O)(=O)NCCN4CCC(CC(C)(C)c5ccc(S(=O)(=O)N6CCCC(CO)C6)cc5)C4)cc3)C2)cc1. The first-order chi connectivity index (χ1) is 28.5. The van der Waals surface area contributed by atoms with Crippen molar-refractivity contribution in [3.05, 3.63) is 89.5 Å². The van der Waals surface area contributed by atoms with Crippen LogP contribution < -0.4 is 9.44 Å². The first kappa shape index (κ1) is 47.8. The minimum atomic E-state index is -3.70. The van der Waals surface area contributed by atoms with Crippen LogP contribution in [0.5, 0.6) is 0 Å². The zero-order chi connectivity index (χ0) is 44.4. The van der Waals surface area contributed by atoms with Gasteiger partial charge in [0, 0.05) is 45.4 Å². The highest BCUT2D eigenvalue weighted by atomic mass is 32.2. The molecule has 61 heavy (non-hydrogen) atoms. The summed E-state index contributed by atoms with van der Waals surface area (Å²) in [5.41, 5.74) is 2.79. The van der Waals surface area contributed by atoms with Crippen molar-refractivity contribution in [1.82, 2.24) is 18.6 Å². The molecule has 3 aliphatic rings. The van der Waals surface area contributed by atoms with Gasteiger partial charge in [-0.1, -0.05) is 84.9 Å². The maximum absolute atomic E-state index is 13.3. The van der Waals surface area contributed by atoms with Crippen LogP contribution in [0, 0.1) is 17.8 Å². The molecule has 0 bridgehead atoms. The Balaban J connectivity index is 0.940. The van der Waals surface area contributed by atoms with Gasteiger partial charge in [-0.3, -0.25) is 0 Å². The molecule has 1 saturated carbocycles. The third-order valence-electron chi connectivity index (χ3n) is 13.5. The number of aliphatic hydroxyl groups is 1. The zero-order valence-electron chi connectivity index (χ0n) is 37.4. The normalized spacial score (nSPS) is 22.8. The largest absolute Gasteiger partial charge is 0.396 e. The third-order valence-corrected chi connectivity index (χ3v) is 18.4. The number of benzene rings is 3. The summed E-state index contributed by atoms with van der Waals surface area (Å²) in [4.78, 5) is 3.13. The number of sulfonamides is 3. The van der Waals surface area contributed by atoms with Gasteiger partial charge in [0.25, 0.3) is 0 Å². The van der Waals surface area contributed by atoms with E-state index in [9.17, 15) is 30.4 Å². The van der Waals surface area contributed by atoms with Crippen LogP contribution in [-0.4, -0.2) is 91.5 Å². The summed E-state index contributed by atoms with van der Waals surface area (Å²) < 4.78 is 87.0. The second-order valence-electron chi connectivity index (χ2n) is 20.4. The van der Waals surface area contributed by atoms with Crippen LogP contribution in [0.15, 0.2) is 87.5 Å². The maximum atomic E-state index is 13.3. The summed E-state index contributed by atoms with van der Waals surface area (Å²) in [5.74, 6) is 0.764. The molecule has 338 valence electrons. The molecule has 2 aliphatic heterocycles. The topological polar surface area (TPSA) is 153 Å². The van der Waals surface area contributed by atoms with Crippen molar-refractivity contribution in [2.24, 2.45) is 17.8 Å². The number of rotatable bonds is 17. The van der Waals surface area contributed by atoms with E-state index in [0.717, 1.165) is 81.1 Å². The molecule has 14 heteroatoms. The molecule has 0 spiro atoms. The Hall–Kier alpha value is -2.69. The summed E-state index contributed by atoms with van der Waals surface area (Å²) in [7, 11) is -10.9. The minimum absolute atomic E-state index is 0.00132. The number of aliphatic hydroxyl groups excluding tert-OH is 1. The van der Waals surface area contributed by atoms with E-state index < -0.39 is 30.1 Å². The van der Waals surface area contributed by atoms with Crippen molar-refractivity contribution in [3.63, 3.8) is 0 Å². The van der Waals surface area contributed by atoms with E-state index in [1.165, 1.54) is 4.31 Å². The van der Waals surface area contributed by atoms with Crippen molar-refractivity contribution in [3.8, 4) is 0 Å². The van der Waals surface area contributed by atoms with Gasteiger partial charge in [-0.05, 0) is 145 Å². The van der Waals surface area contributed by atoms with Gasteiger partial charge in [-0.25, -0.2) is 34.7 Å². The molecule has 11 nitrogen and oxygen atoms in total. The fourth-order valence-electron chi connectivity index (χ4n) is 9.88. The summed E-state index contributed by atoms with van der Waals surface area (Å²) in [6, 6.07) is 21.5. The zero-order valence-corrected chi connectivity index (χ0v) is 39.8. The Labute approximate surface area is 367 Å². The van der Waals surface area contributed by atoms with Gasteiger partial charge in [0.2, 0.25) is 30.1 Å². The molecule has 0 radical (unpaired) electrons. The van der Waals surface area contributed by atoms with Crippen LogP contribution in [0.1, 0.15) is 117 Å². The molecule has 2 heterocycles. The van der Waals surface area contributed by atoms with Gasteiger partial charge in [0.15, 0.2) is 0 Å². The molecule has 0 amide bonds. The minimum Gasteiger partial charge on any atom is -0.396 e. The molecule has 1 aliphatic carbocycles. The molecule has 3 aromatic carbocycles. The molecule has 4 unspecified atom stereocenters. The fraction of sp³-hybridized carbons (Fsp3) is 0.617. The van der Waals surface area contributed by atoms with E-state index in [-0.39, 0.29) is 44.6 Å². The Morgan fingerprint density at radius 1 is 0.607 bits per heavy atom. The number of likely N-dealkylation sites (tertiary alicyclic amines) is 1. The highest BCUT2D eigenvalue weighted by Gasteiger charge is 2.35. The van der Waals surface area contributed by atoms with Gasteiger partial charge in [0.1, 0.15) is 0 Å². The summed E-state index contributed by atoms with van der Waals surface area (Å²) in [6.07, 6.45) is 6.90. The fourth-order valence-corrected chi connectivity index (χ4v) is 13.7. The van der Waals surface area contributed by atoms with Gasteiger partial charge < -0.3 is 10.0 Å². The van der Waals surface area contributed by atoms with Crippen LogP contribution in [-0.2, 0) is 46.3 Å². The molecule has 4 atom stereocenters.